The zero-order valence-corrected chi connectivity index (χ0v) is 15.1. The lowest BCUT2D eigenvalue weighted by Gasteiger charge is -1.98. The fraction of sp³-hybridized carbons (Fsp3) is 0.0556. The molecule has 0 unspecified atom stereocenters. The van der Waals surface area contributed by atoms with Crippen molar-refractivity contribution in [1.29, 1.82) is 0 Å². The summed E-state index contributed by atoms with van der Waals surface area (Å²) in [5.41, 5.74) is 2.88. The highest BCUT2D eigenvalue weighted by Crippen LogP contribution is 2.20. The van der Waals surface area contributed by atoms with E-state index in [0.717, 1.165) is 21.2 Å². The second kappa shape index (κ2) is 5.96. The van der Waals surface area contributed by atoms with E-state index in [0.29, 0.717) is 15.3 Å². The maximum atomic E-state index is 12.6. The summed E-state index contributed by atoms with van der Waals surface area (Å²) >= 11 is 4.76. The molecule has 4 nitrogen and oxygen atoms in total. The van der Waals surface area contributed by atoms with Crippen molar-refractivity contribution in [2.24, 2.45) is 0 Å². The first-order valence-electron chi connectivity index (χ1n) is 7.35. The van der Waals surface area contributed by atoms with Gasteiger partial charge in [-0.2, -0.15) is 9.50 Å². The number of hydrogen-bond acceptors (Lipinski definition) is 4. The molecule has 0 aliphatic rings. The Hall–Kier alpha value is -2.31. The number of fused-ring (bicyclic) bond motifs is 1. The quantitative estimate of drug-likeness (QED) is 0.520. The summed E-state index contributed by atoms with van der Waals surface area (Å²) in [6.45, 7) is 2.01. The van der Waals surface area contributed by atoms with Gasteiger partial charge in [-0.15, -0.1) is 5.10 Å². The van der Waals surface area contributed by atoms with Gasteiger partial charge in [0.05, 0.1) is 4.53 Å². The molecule has 0 atom stereocenters. The highest BCUT2D eigenvalue weighted by molar-refractivity contribution is 9.10. The molecule has 6 heteroatoms. The van der Waals surface area contributed by atoms with Crippen LogP contribution in [-0.2, 0) is 0 Å². The molecule has 24 heavy (non-hydrogen) atoms. The first-order chi connectivity index (χ1) is 11.6. The molecule has 4 aromatic rings. The molecule has 2 aromatic carbocycles. The molecule has 118 valence electrons. The van der Waals surface area contributed by atoms with Crippen LogP contribution in [0.1, 0.15) is 11.1 Å². The van der Waals surface area contributed by atoms with Crippen LogP contribution >= 0.6 is 27.3 Å². The summed E-state index contributed by atoms with van der Waals surface area (Å²) < 4.78 is 3.02. The maximum Gasteiger partial charge on any atom is 0.291 e. The third-order valence-corrected chi connectivity index (χ3v) is 5.22. The van der Waals surface area contributed by atoms with Gasteiger partial charge in [-0.05, 0) is 36.3 Å². The first kappa shape index (κ1) is 15.2. The molecule has 0 fully saturated rings. The van der Waals surface area contributed by atoms with Gasteiger partial charge in [0.2, 0.25) is 4.96 Å². The van der Waals surface area contributed by atoms with Crippen molar-refractivity contribution >= 4 is 38.3 Å². The molecule has 2 heterocycles. The largest absolute Gasteiger partial charge is 0.291 e. The van der Waals surface area contributed by atoms with E-state index in [1.807, 2.05) is 61.5 Å². The van der Waals surface area contributed by atoms with E-state index >= 15 is 0 Å². The first-order valence-corrected chi connectivity index (χ1v) is 8.95. The van der Waals surface area contributed by atoms with Gasteiger partial charge in [0, 0.05) is 10.0 Å². The molecule has 4 rings (SSSR count). The predicted molar refractivity (Wildman–Crippen MR) is 100 cm³/mol. The Labute approximate surface area is 150 Å². The predicted octanol–water partition coefficient (Wildman–Crippen LogP) is 3.44. The minimum atomic E-state index is -0.134. The van der Waals surface area contributed by atoms with E-state index in [-0.39, 0.29) is 5.56 Å². The van der Waals surface area contributed by atoms with Crippen LogP contribution in [0.4, 0.5) is 0 Å². The SMILES string of the molecule is Cc1ccccc1-c1nc2s/c(=C\c3ccc(Br)cc3)c(=O)n2n1. The van der Waals surface area contributed by atoms with Crippen molar-refractivity contribution in [3.63, 3.8) is 0 Å². The van der Waals surface area contributed by atoms with E-state index < -0.39 is 0 Å². The summed E-state index contributed by atoms with van der Waals surface area (Å²) in [7, 11) is 0. The van der Waals surface area contributed by atoms with Crippen LogP contribution < -0.4 is 10.1 Å². The van der Waals surface area contributed by atoms with Crippen LogP contribution in [0.15, 0.2) is 57.8 Å². The van der Waals surface area contributed by atoms with Crippen molar-refractivity contribution < 1.29 is 0 Å². The number of benzene rings is 2. The van der Waals surface area contributed by atoms with E-state index in [1.165, 1.54) is 15.9 Å². The summed E-state index contributed by atoms with van der Waals surface area (Å²) in [6, 6.07) is 15.7. The van der Waals surface area contributed by atoms with Crippen molar-refractivity contribution in [3.05, 3.63) is 79.0 Å². The fourth-order valence-electron chi connectivity index (χ4n) is 2.48. The van der Waals surface area contributed by atoms with Crippen LogP contribution in [0.25, 0.3) is 22.4 Å². The van der Waals surface area contributed by atoms with Gasteiger partial charge < -0.3 is 0 Å². The van der Waals surface area contributed by atoms with Gasteiger partial charge in [-0.25, -0.2) is 0 Å². The average molecular weight is 398 g/mol. The van der Waals surface area contributed by atoms with E-state index in [2.05, 4.69) is 26.0 Å². The van der Waals surface area contributed by atoms with Gasteiger partial charge >= 0.3 is 0 Å². The van der Waals surface area contributed by atoms with Gasteiger partial charge in [0.25, 0.3) is 5.56 Å². The minimum Gasteiger partial charge on any atom is -0.266 e. The Morgan fingerprint density at radius 3 is 2.58 bits per heavy atom. The molecule has 0 bridgehead atoms. The molecular weight excluding hydrogens is 386 g/mol. The lowest BCUT2D eigenvalue weighted by atomic mass is 10.1. The van der Waals surface area contributed by atoms with Crippen molar-refractivity contribution in [2.75, 3.05) is 0 Å². The smallest absolute Gasteiger partial charge is 0.266 e. The monoisotopic (exact) mass is 397 g/mol. The number of thiazole rings is 1. The van der Waals surface area contributed by atoms with E-state index in [9.17, 15) is 4.79 Å². The zero-order valence-electron chi connectivity index (χ0n) is 12.7. The summed E-state index contributed by atoms with van der Waals surface area (Å²) in [4.78, 5) is 17.7. The Morgan fingerprint density at radius 1 is 1.12 bits per heavy atom. The molecule has 0 spiro atoms. The molecular formula is C18H12BrN3OS. The number of aromatic nitrogens is 3. The number of hydrogen-bond donors (Lipinski definition) is 0. The molecule has 0 radical (unpaired) electrons. The number of halogens is 1. The topological polar surface area (TPSA) is 47.3 Å². The highest BCUT2D eigenvalue weighted by atomic mass is 79.9. The third kappa shape index (κ3) is 2.68. The number of aryl methyl sites for hydroxylation is 1. The number of nitrogens with zero attached hydrogens (tertiary/aromatic N) is 3. The average Bonchev–Trinajstić information content (AvgIpc) is 3.10. The maximum absolute atomic E-state index is 12.6. The second-order valence-corrected chi connectivity index (χ2v) is 7.34. The normalized spacial score (nSPS) is 12.2. The van der Waals surface area contributed by atoms with Crippen LogP contribution in [0.2, 0.25) is 0 Å². The molecule has 0 amide bonds. The standard InChI is InChI=1S/C18H12BrN3OS/c1-11-4-2-3-5-14(11)16-20-18-22(21-16)17(23)15(24-18)10-12-6-8-13(19)9-7-12/h2-10H,1H3/b15-10-. The van der Waals surface area contributed by atoms with Crippen molar-refractivity contribution in [3.8, 4) is 11.4 Å². The van der Waals surface area contributed by atoms with Crippen LogP contribution in [0.5, 0.6) is 0 Å². The Kier molecular flexibility index (Phi) is 3.78. The third-order valence-electron chi connectivity index (χ3n) is 3.74. The van der Waals surface area contributed by atoms with E-state index in [1.54, 1.807) is 0 Å². The highest BCUT2D eigenvalue weighted by Gasteiger charge is 2.13. The number of rotatable bonds is 2. The summed E-state index contributed by atoms with van der Waals surface area (Å²) in [5, 5.41) is 4.40. The Balaban J connectivity index is 1.83. The van der Waals surface area contributed by atoms with Crippen molar-refractivity contribution in [2.45, 2.75) is 6.92 Å². The van der Waals surface area contributed by atoms with Crippen molar-refractivity contribution in [1.82, 2.24) is 14.6 Å². The van der Waals surface area contributed by atoms with Gasteiger partial charge in [0.1, 0.15) is 0 Å². The van der Waals surface area contributed by atoms with Gasteiger partial charge in [-0.1, -0.05) is 63.7 Å². The van der Waals surface area contributed by atoms with Crippen LogP contribution in [0, 0.1) is 6.92 Å². The fourth-order valence-corrected chi connectivity index (χ4v) is 3.65. The molecule has 0 aliphatic heterocycles. The lowest BCUT2D eigenvalue weighted by Crippen LogP contribution is -2.23. The summed E-state index contributed by atoms with van der Waals surface area (Å²) in [5.74, 6) is 0.589. The minimum absolute atomic E-state index is 0.134. The Morgan fingerprint density at radius 2 is 1.88 bits per heavy atom. The molecule has 2 aromatic heterocycles. The van der Waals surface area contributed by atoms with E-state index in [4.69, 9.17) is 0 Å². The van der Waals surface area contributed by atoms with Gasteiger partial charge in [-0.3, -0.25) is 4.79 Å². The molecule has 0 aliphatic carbocycles. The van der Waals surface area contributed by atoms with Gasteiger partial charge in [0.15, 0.2) is 5.82 Å². The molecule has 0 saturated heterocycles. The second-order valence-electron chi connectivity index (χ2n) is 5.41. The molecule has 0 saturated carbocycles. The lowest BCUT2D eigenvalue weighted by molar-refractivity contribution is 0.936. The zero-order chi connectivity index (χ0) is 16.7. The molecule has 0 N–H and O–H groups in total. The summed E-state index contributed by atoms with van der Waals surface area (Å²) in [6.07, 6.45) is 1.86. The van der Waals surface area contributed by atoms with Crippen LogP contribution in [-0.4, -0.2) is 14.6 Å². The Bertz CT molecular complexity index is 1150. The van der Waals surface area contributed by atoms with Crippen LogP contribution in [0.3, 0.4) is 0 Å².